The third kappa shape index (κ3) is 3.97. The van der Waals surface area contributed by atoms with E-state index in [1.807, 2.05) is 17.0 Å². The van der Waals surface area contributed by atoms with Gasteiger partial charge in [-0.15, -0.1) is 0 Å². The van der Waals surface area contributed by atoms with Gasteiger partial charge in [0.2, 0.25) is 0 Å². The number of hydrogen-bond donors (Lipinski definition) is 1. The Kier molecular flexibility index (Phi) is 6.37. The summed E-state index contributed by atoms with van der Waals surface area (Å²) in [5.41, 5.74) is 1.49. The van der Waals surface area contributed by atoms with Crippen molar-refractivity contribution in [2.24, 2.45) is 0 Å². The third-order valence-electron chi connectivity index (χ3n) is 4.69. The Bertz CT molecular complexity index is 827. The van der Waals surface area contributed by atoms with E-state index in [1.54, 1.807) is 24.3 Å². The van der Waals surface area contributed by atoms with Gasteiger partial charge in [-0.25, -0.2) is 0 Å². The zero-order valence-corrected chi connectivity index (χ0v) is 16.8. The lowest BCUT2D eigenvalue weighted by atomic mass is 9.91. The van der Waals surface area contributed by atoms with Crippen molar-refractivity contribution in [3.8, 4) is 0 Å². The zero-order chi connectivity index (χ0) is 18.8. The van der Waals surface area contributed by atoms with Crippen LogP contribution in [-0.4, -0.2) is 28.6 Å². The fourth-order valence-corrected chi connectivity index (χ4v) is 4.43. The zero-order valence-electron chi connectivity index (χ0n) is 13.8. The first kappa shape index (κ1) is 19.8. The summed E-state index contributed by atoms with van der Waals surface area (Å²) >= 11 is 25.2. The van der Waals surface area contributed by atoms with Crippen LogP contribution in [0.3, 0.4) is 0 Å². The number of nitrogens with zero attached hydrogens (tertiary/aromatic N) is 1. The second kappa shape index (κ2) is 8.37. The number of carbonyl (C=O) groups is 1. The molecule has 138 valence electrons. The number of carboxylic acid groups (broad SMARTS) is 1. The Morgan fingerprint density at radius 2 is 1.81 bits per heavy atom. The Morgan fingerprint density at radius 3 is 2.50 bits per heavy atom. The van der Waals surface area contributed by atoms with E-state index in [4.69, 9.17) is 46.4 Å². The van der Waals surface area contributed by atoms with E-state index in [0.717, 1.165) is 24.0 Å². The topological polar surface area (TPSA) is 40.5 Å². The Morgan fingerprint density at radius 1 is 1.04 bits per heavy atom. The van der Waals surface area contributed by atoms with Crippen LogP contribution >= 0.6 is 46.4 Å². The summed E-state index contributed by atoms with van der Waals surface area (Å²) in [6, 6.07) is 9.55. The molecule has 2 unspecified atom stereocenters. The fourth-order valence-electron chi connectivity index (χ4n) is 3.51. The Hall–Kier alpha value is -0.970. The van der Waals surface area contributed by atoms with E-state index >= 15 is 0 Å². The summed E-state index contributed by atoms with van der Waals surface area (Å²) in [4.78, 5) is 13.8. The van der Waals surface area contributed by atoms with Crippen LogP contribution in [0.2, 0.25) is 20.1 Å². The van der Waals surface area contributed by atoms with Crippen molar-refractivity contribution in [2.45, 2.75) is 31.3 Å². The van der Waals surface area contributed by atoms with Crippen LogP contribution in [0.4, 0.5) is 0 Å². The number of hydrogen-bond acceptors (Lipinski definition) is 2. The van der Waals surface area contributed by atoms with Crippen molar-refractivity contribution in [2.75, 3.05) is 6.54 Å². The number of carboxylic acids is 1. The maximum Gasteiger partial charge on any atom is 0.320 e. The van der Waals surface area contributed by atoms with Gasteiger partial charge in [0.25, 0.3) is 0 Å². The van der Waals surface area contributed by atoms with Gasteiger partial charge in [-0.1, -0.05) is 71.0 Å². The first-order valence-electron chi connectivity index (χ1n) is 8.27. The van der Waals surface area contributed by atoms with Gasteiger partial charge in [-0.3, -0.25) is 9.69 Å². The molecule has 1 heterocycles. The largest absolute Gasteiger partial charge is 0.480 e. The molecule has 0 amide bonds. The maximum atomic E-state index is 11.9. The molecule has 1 aliphatic rings. The molecule has 2 aromatic rings. The van der Waals surface area contributed by atoms with Crippen LogP contribution in [0, 0.1) is 0 Å². The van der Waals surface area contributed by atoms with Crippen LogP contribution in [0.25, 0.3) is 0 Å². The lowest BCUT2D eigenvalue weighted by Crippen LogP contribution is -2.47. The number of likely N-dealkylation sites (tertiary alicyclic amines) is 1. The van der Waals surface area contributed by atoms with Crippen LogP contribution in [0.5, 0.6) is 0 Å². The van der Waals surface area contributed by atoms with Crippen LogP contribution in [0.15, 0.2) is 36.4 Å². The molecular formula is C19H17Cl4NO2. The fraction of sp³-hybridized carbons (Fsp3) is 0.316. The van der Waals surface area contributed by atoms with Crippen molar-refractivity contribution in [3.05, 3.63) is 67.6 Å². The van der Waals surface area contributed by atoms with Gasteiger partial charge in [0.05, 0.1) is 16.1 Å². The molecule has 1 saturated heterocycles. The lowest BCUT2D eigenvalue weighted by Gasteiger charge is -2.40. The van der Waals surface area contributed by atoms with Crippen molar-refractivity contribution < 1.29 is 9.90 Å². The molecule has 2 aromatic carbocycles. The molecule has 2 atom stereocenters. The second-order valence-electron chi connectivity index (χ2n) is 6.30. The van der Waals surface area contributed by atoms with Gasteiger partial charge < -0.3 is 5.11 Å². The first-order valence-corrected chi connectivity index (χ1v) is 9.78. The van der Waals surface area contributed by atoms with E-state index in [-0.39, 0.29) is 0 Å². The van der Waals surface area contributed by atoms with Crippen molar-refractivity contribution in [1.82, 2.24) is 4.90 Å². The molecule has 26 heavy (non-hydrogen) atoms. The van der Waals surface area contributed by atoms with E-state index < -0.39 is 18.1 Å². The summed E-state index contributed by atoms with van der Waals surface area (Å²) in [5, 5.41) is 11.5. The summed E-state index contributed by atoms with van der Waals surface area (Å²) < 4.78 is 0. The molecule has 0 bridgehead atoms. The van der Waals surface area contributed by atoms with Gasteiger partial charge in [0, 0.05) is 10.0 Å². The summed E-state index contributed by atoms with van der Waals surface area (Å²) in [6.07, 6.45) is 2.36. The highest BCUT2D eigenvalue weighted by molar-refractivity contribution is 6.42. The summed E-state index contributed by atoms with van der Waals surface area (Å²) in [7, 11) is 0. The van der Waals surface area contributed by atoms with Crippen LogP contribution < -0.4 is 0 Å². The number of piperidine rings is 1. The van der Waals surface area contributed by atoms with Crippen molar-refractivity contribution in [1.29, 1.82) is 0 Å². The number of benzene rings is 2. The third-order valence-corrected chi connectivity index (χ3v) is 6.09. The van der Waals surface area contributed by atoms with Crippen LogP contribution in [0.1, 0.15) is 36.4 Å². The molecule has 1 aliphatic heterocycles. The molecule has 1 N–H and O–H groups in total. The molecule has 3 rings (SSSR count). The normalized spacial score (nSPS) is 19.3. The first-order chi connectivity index (χ1) is 12.4. The minimum Gasteiger partial charge on any atom is -0.480 e. The van der Waals surface area contributed by atoms with Gasteiger partial charge >= 0.3 is 5.97 Å². The number of rotatable bonds is 4. The molecule has 0 aromatic heterocycles. The Balaban J connectivity index is 2.18. The molecule has 7 heteroatoms. The Labute approximate surface area is 172 Å². The predicted octanol–water partition coefficient (Wildman–Crippen LogP) is 6.33. The van der Waals surface area contributed by atoms with E-state index in [9.17, 15) is 9.90 Å². The quantitative estimate of drug-likeness (QED) is 0.613. The van der Waals surface area contributed by atoms with Crippen molar-refractivity contribution >= 4 is 52.4 Å². The minimum absolute atomic E-state index is 0.403. The second-order valence-corrected chi connectivity index (χ2v) is 7.93. The monoisotopic (exact) mass is 431 g/mol. The van der Waals surface area contributed by atoms with E-state index in [0.29, 0.717) is 33.1 Å². The molecule has 0 radical (unpaired) electrons. The van der Waals surface area contributed by atoms with Gasteiger partial charge in [0.15, 0.2) is 0 Å². The molecule has 3 nitrogen and oxygen atoms in total. The molecule has 0 spiro atoms. The van der Waals surface area contributed by atoms with E-state index in [2.05, 4.69) is 0 Å². The SMILES string of the molecule is O=C(O)C1CCCCN1C(c1ccc(Cl)cc1Cl)c1cccc(Cl)c1Cl. The molecular weight excluding hydrogens is 416 g/mol. The highest BCUT2D eigenvalue weighted by Gasteiger charge is 2.37. The van der Waals surface area contributed by atoms with Crippen molar-refractivity contribution in [3.63, 3.8) is 0 Å². The standard InChI is InChI=1S/C19H17Cl4NO2/c20-11-7-8-12(15(22)10-11)18(13-4-3-5-14(21)17(13)23)24-9-2-1-6-16(24)19(25)26/h3-5,7-8,10,16,18H,1-2,6,9H2,(H,25,26). The highest BCUT2D eigenvalue weighted by atomic mass is 35.5. The average molecular weight is 433 g/mol. The van der Waals surface area contributed by atoms with Gasteiger partial charge in [-0.05, 0) is 48.7 Å². The maximum absolute atomic E-state index is 11.9. The highest BCUT2D eigenvalue weighted by Crippen LogP contribution is 2.42. The van der Waals surface area contributed by atoms with Gasteiger partial charge in [0.1, 0.15) is 6.04 Å². The average Bonchev–Trinajstić information content (AvgIpc) is 2.61. The predicted molar refractivity (Wildman–Crippen MR) is 107 cm³/mol. The van der Waals surface area contributed by atoms with E-state index in [1.165, 1.54) is 0 Å². The molecule has 0 aliphatic carbocycles. The van der Waals surface area contributed by atoms with Crippen LogP contribution in [-0.2, 0) is 4.79 Å². The van der Waals surface area contributed by atoms with Gasteiger partial charge in [-0.2, -0.15) is 0 Å². The lowest BCUT2D eigenvalue weighted by molar-refractivity contribution is -0.145. The minimum atomic E-state index is -0.849. The summed E-state index contributed by atoms with van der Waals surface area (Å²) in [5.74, 6) is -0.849. The molecule has 1 fully saturated rings. The molecule has 0 saturated carbocycles. The summed E-state index contributed by atoms with van der Waals surface area (Å²) in [6.45, 7) is 0.628. The number of halogens is 4. The smallest absolute Gasteiger partial charge is 0.320 e. The number of aliphatic carboxylic acids is 1.